The number of nitrogens with one attached hydrogen (secondary N) is 1. The number of hydrogen-bond acceptors (Lipinski definition) is 7. The summed E-state index contributed by atoms with van der Waals surface area (Å²) >= 11 is 0. The molecule has 3 rings (SSSR count). The number of aromatic nitrogens is 3. The van der Waals surface area contributed by atoms with Gasteiger partial charge in [0.15, 0.2) is 0 Å². The van der Waals surface area contributed by atoms with Crippen molar-refractivity contribution in [3.05, 3.63) is 11.6 Å². The van der Waals surface area contributed by atoms with Crippen LogP contribution < -0.4 is 15.0 Å². The number of anilines is 2. The predicted octanol–water partition coefficient (Wildman–Crippen LogP) is 2.41. The van der Waals surface area contributed by atoms with Gasteiger partial charge in [0.05, 0.1) is 20.3 Å². The maximum absolute atomic E-state index is 5.34. The van der Waals surface area contributed by atoms with Gasteiger partial charge in [-0.25, -0.2) is 0 Å². The van der Waals surface area contributed by atoms with Crippen LogP contribution in [0.1, 0.15) is 38.5 Å². The Morgan fingerprint density at radius 1 is 1.17 bits per heavy atom. The van der Waals surface area contributed by atoms with Gasteiger partial charge in [-0.15, -0.1) is 0 Å². The van der Waals surface area contributed by atoms with Crippen LogP contribution >= 0.6 is 0 Å². The molecule has 0 atom stereocenters. The zero-order chi connectivity index (χ0) is 16.6. The Kier molecular flexibility index (Phi) is 6.23. The molecule has 1 aromatic heterocycles. The zero-order valence-corrected chi connectivity index (χ0v) is 14.5. The van der Waals surface area contributed by atoms with Crippen molar-refractivity contribution < 1.29 is 9.47 Å². The average molecular weight is 333 g/mol. The fourth-order valence-electron chi connectivity index (χ4n) is 3.06. The van der Waals surface area contributed by atoms with Crippen LogP contribution in [0.25, 0.3) is 0 Å². The smallest absolute Gasteiger partial charge is 0.322 e. The molecule has 0 aromatic carbocycles. The van der Waals surface area contributed by atoms with Gasteiger partial charge in [-0.3, -0.25) is 0 Å². The molecule has 7 heteroatoms. The van der Waals surface area contributed by atoms with E-state index in [0.29, 0.717) is 12.0 Å². The molecular formula is C17H27N5O2. The SMILES string of the molecule is COc1nc(NCCC2=CCOCC2)nc(N2CCCCCC2)n1. The summed E-state index contributed by atoms with van der Waals surface area (Å²) < 4.78 is 10.6. The Morgan fingerprint density at radius 2 is 2.00 bits per heavy atom. The molecule has 0 amide bonds. The summed E-state index contributed by atoms with van der Waals surface area (Å²) in [7, 11) is 1.60. The van der Waals surface area contributed by atoms with E-state index in [1.807, 2.05) is 0 Å². The maximum atomic E-state index is 5.34. The van der Waals surface area contributed by atoms with Gasteiger partial charge in [0, 0.05) is 19.6 Å². The maximum Gasteiger partial charge on any atom is 0.322 e. The lowest BCUT2D eigenvalue weighted by Gasteiger charge is -2.21. The van der Waals surface area contributed by atoms with Gasteiger partial charge in [0.2, 0.25) is 11.9 Å². The number of nitrogens with zero attached hydrogens (tertiary/aromatic N) is 4. The topological polar surface area (TPSA) is 72.4 Å². The van der Waals surface area contributed by atoms with Crippen molar-refractivity contribution in [3.63, 3.8) is 0 Å². The van der Waals surface area contributed by atoms with E-state index in [2.05, 4.69) is 31.2 Å². The summed E-state index contributed by atoms with van der Waals surface area (Å²) in [6.07, 6.45) is 9.10. The van der Waals surface area contributed by atoms with Crippen molar-refractivity contribution >= 4 is 11.9 Å². The van der Waals surface area contributed by atoms with Crippen LogP contribution in [0.5, 0.6) is 6.01 Å². The summed E-state index contributed by atoms with van der Waals surface area (Å²) in [4.78, 5) is 15.6. The van der Waals surface area contributed by atoms with Gasteiger partial charge in [0.1, 0.15) is 0 Å². The van der Waals surface area contributed by atoms with Crippen molar-refractivity contribution in [2.75, 3.05) is 50.2 Å². The monoisotopic (exact) mass is 333 g/mol. The Bertz CT molecular complexity index is 556. The lowest BCUT2D eigenvalue weighted by molar-refractivity contribution is 0.153. The van der Waals surface area contributed by atoms with Crippen LogP contribution in [0.3, 0.4) is 0 Å². The molecule has 1 fully saturated rings. The van der Waals surface area contributed by atoms with E-state index >= 15 is 0 Å². The third-order valence-electron chi connectivity index (χ3n) is 4.46. The predicted molar refractivity (Wildman–Crippen MR) is 93.7 cm³/mol. The fraction of sp³-hybridized carbons (Fsp3) is 0.706. The van der Waals surface area contributed by atoms with E-state index in [1.165, 1.54) is 31.3 Å². The van der Waals surface area contributed by atoms with Gasteiger partial charge in [-0.1, -0.05) is 24.5 Å². The van der Waals surface area contributed by atoms with E-state index in [-0.39, 0.29) is 0 Å². The highest BCUT2D eigenvalue weighted by Gasteiger charge is 2.15. The first-order valence-corrected chi connectivity index (χ1v) is 8.90. The van der Waals surface area contributed by atoms with Crippen LogP contribution in [0, 0.1) is 0 Å². The van der Waals surface area contributed by atoms with Crippen LogP contribution in [0.2, 0.25) is 0 Å². The Hall–Kier alpha value is -1.89. The summed E-state index contributed by atoms with van der Waals surface area (Å²) in [6.45, 7) is 4.36. The van der Waals surface area contributed by atoms with E-state index in [4.69, 9.17) is 9.47 Å². The Balaban J connectivity index is 1.63. The van der Waals surface area contributed by atoms with Gasteiger partial charge in [0.25, 0.3) is 0 Å². The van der Waals surface area contributed by atoms with Crippen LogP contribution in [-0.2, 0) is 4.74 Å². The van der Waals surface area contributed by atoms with Crippen LogP contribution in [-0.4, -0.2) is 54.9 Å². The molecule has 3 heterocycles. The summed E-state index contributed by atoms with van der Waals surface area (Å²) in [5.41, 5.74) is 1.43. The highest BCUT2D eigenvalue weighted by molar-refractivity contribution is 5.38. The molecule has 0 aliphatic carbocycles. The van der Waals surface area contributed by atoms with E-state index < -0.39 is 0 Å². The van der Waals surface area contributed by atoms with Crippen molar-refractivity contribution in [3.8, 4) is 6.01 Å². The van der Waals surface area contributed by atoms with Gasteiger partial charge < -0.3 is 19.7 Å². The molecule has 1 N–H and O–H groups in total. The normalized spacial score (nSPS) is 18.7. The number of methoxy groups -OCH3 is 1. The first-order chi connectivity index (χ1) is 11.8. The quantitative estimate of drug-likeness (QED) is 0.801. The molecule has 0 radical (unpaired) electrons. The number of ether oxygens (including phenoxy) is 2. The highest BCUT2D eigenvalue weighted by Crippen LogP contribution is 2.19. The van der Waals surface area contributed by atoms with Crippen LogP contribution in [0.15, 0.2) is 11.6 Å². The molecular weight excluding hydrogens is 306 g/mol. The fourth-order valence-corrected chi connectivity index (χ4v) is 3.06. The van der Waals surface area contributed by atoms with Crippen molar-refractivity contribution in [1.29, 1.82) is 0 Å². The molecule has 24 heavy (non-hydrogen) atoms. The zero-order valence-electron chi connectivity index (χ0n) is 14.5. The molecule has 0 saturated carbocycles. The lowest BCUT2D eigenvalue weighted by Crippen LogP contribution is -2.26. The molecule has 0 spiro atoms. The summed E-state index contributed by atoms with van der Waals surface area (Å²) in [5, 5.41) is 3.31. The Morgan fingerprint density at radius 3 is 2.71 bits per heavy atom. The third kappa shape index (κ3) is 4.80. The minimum Gasteiger partial charge on any atom is -0.467 e. The van der Waals surface area contributed by atoms with Gasteiger partial charge in [-0.05, 0) is 25.7 Å². The second kappa shape index (κ2) is 8.82. The first kappa shape index (κ1) is 17.0. The second-order valence-electron chi connectivity index (χ2n) is 6.21. The highest BCUT2D eigenvalue weighted by atomic mass is 16.5. The lowest BCUT2D eigenvalue weighted by atomic mass is 10.1. The van der Waals surface area contributed by atoms with Crippen molar-refractivity contribution in [2.45, 2.75) is 38.5 Å². The minimum absolute atomic E-state index is 0.372. The molecule has 0 unspecified atom stereocenters. The molecule has 0 bridgehead atoms. The van der Waals surface area contributed by atoms with Gasteiger partial charge >= 0.3 is 6.01 Å². The van der Waals surface area contributed by atoms with E-state index in [0.717, 1.165) is 51.6 Å². The summed E-state index contributed by atoms with van der Waals surface area (Å²) in [6, 6.07) is 0.372. The number of hydrogen-bond donors (Lipinski definition) is 1. The molecule has 1 aromatic rings. The number of rotatable bonds is 6. The van der Waals surface area contributed by atoms with Gasteiger partial charge in [-0.2, -0.15) is 15.0 Å². The van der Waals surface area contributed by atoms with E-state index in [9.17, 15) is 0 Å². The molecule has 132 valence electrons. The standard InChI is InChI=1S/C17H27N5O2/c1-23-17-20-15(18-9-6-14-7-12-24-13-8-14)19-16(21-17)22-10-4-2-3-5-11-22/h7H,2-6,8-13H2,1H3,(H,18,19,20,21). The summed E-state index contributed by atoms with van der Waals surface area (Å²) in [5.74, 6) is 1.31. The Labute approximate surface area is 143 Å². The van der Waals surface area contributed by atoms with Crippen molar-refractivity contribution in [1.82, 2.24) is 15.0 Å². The minimum atomic E-state index is 0.372. The largest absolute Gasteiger partial charge is 0.467 e. The van der Waals surface area contributed by atoms with Crippen LogP contribution in [0.4, 0.5) is 11.9 Å². The second-order valence-corrected chi connectivity index (χ2v) is 6.21. The third-order valence-corrected chi connectivity index (χ3v) is 4.46. The molecule has 2 aliphatic heterocycles. The van der Waals surface area contributed by atoms with Crippen molar-refractivity contribution in [2.24, 2.45) is 0 Å². The van der Waals surface area contributed by atoms with E-state index in [1.54, 1.807) is 7.11 Å². The average Bonchev–Trinajstić information content (AvgIpc) is 2.92. The first-order valence-electron chi connectivity index (χ1n) is 8.90. The molecule has 1 saturated heterocycles. The molecule has 2 aliphatic rings. The molecule has 7 nitrogen and oxygen atoms in total.